The van der Waals surface area contributed by atoms with Crippen LogP contribution >= 0.6 is 23.1 Å². The van der Waals surface area contributed by atoms with Crippen LogP contribution in [0, 0.1) is 0 Å². The molecule has 0 aliphatic heterocycles. The molecule has 26 heavy (non-hydrogen) atoms. The van der Waals surface area contributed by atoms with Gasteiger partial charge in [-0.25, -0.2) is 4.98 Å². The highest BCUT2D eigenvalue weighted by molar-refractivity contribution is 7.99. The Labute approximate surface area is 161 Å². The fourth-order valence-electron chi connectivity index (χ4n) is 2.45. The van der Waals surface area contributed by atoms with Crippen molar-refractivity contribution in [3.63, 3.8) is 0 Å². The van der Waals surface area contributed by atoms with Gasteiger partial charge in [-0.3, -0.25) is 10.1 Å². The van der Waals surface area contributed by atoms with Gasteiger partial charge in [0.2, 0.25) is 0 Å². The standard InChI is InChI=1S/C20H20N2O2S2/c1-3-24-15-11-9-14(10-12-15)17-13-26-20(21-17)22-19(23)16-7-5-6-8-18(16)25-4-2/h5-13H,3-4H2,1-2H3,(H,21,22,23). The molecule has 0 aliphatic rings. The molecular weight excluding hydrogens is 364 g/mol. The first kappa shape index (κ1) is 18.5. The molecule has 0 bridgehead atoms. The molecule has 0 spiro atoms. The van der Waals surface area contributed by atoms with Gasteiger partial charge in [-0.05, 0) is 49.1 Å². The van der Waals surface area contributed by atoms with Crippen LogP contribution in [0.4, 0.5) is 5.13 Å². The largest absolute Gasteiger partial charge is 0.494 e. The van der Waals surface area contributed by atoms with Crippen molar-refractivity contribution in [1.29, 1.82) is 0 Å². The third kappa shape index (κ3) is 4.45. The quantitative estimate of drug-likeness (QED) is 0.541. The SMILES string of the molecule is CCOc1ccc(-c2csc(NC(=O)c3ccccc3SCC)n2)cc1. The molecule has 0 saturated heterocycles. The fourth-order valence-corrected chi connectivity index (χ4v) is 3.97. The molecule has 0 atom stereocenters. The van der Waals surface area contributed by atoms with E-state index in [0.717, 1.165) is 27.7 Å². The molecule has 3 aromatic rings. The number of aromatic nitrogens is 1. The second kappa shape index (κ2) is 8.87. The zero-order valence-corrected chi connectivity index (χ0v) is 16.3. The highest BCUT2D eigenvalue weighted by atomic mass is 32.2. The molecule has 6 heteroatoms. The predicted molar refractivity (Wildman–Crippen MR) is 110 cm³/mol. The van der Waals surface area contributed by atoms with Crippen molar-refractivity contribution in [2.24, 2.45) is 0 Å². The summed E-state index contributed by atoms with van der Waals surface area (Å²) in [6, 6.07) is 15.4. The van der Waals surface area contributed by atoms with E-state index < -0.39 is 0 Å². The van der Waals surface area contributed by atoms with Crippen molar-refractivity contribution in [3.8, 4) is 17.0 Å². The van der Waals surface area contributed by atoms with Crippen molar-refractivity contribution in [2.45, 2.75) is 18.7 Å². The van der Waals surface area contributed by atoms with Gasteiger partial charge in [-0.15, -0.1) is 23.1 Å². The van der Waals surface area contributed by atoms with Crippen LogP contribution in [0.1, 0.15) is 24.2 Å². The van der Waals surface area contributed by atoms with E-state index in [0.29, 0.717) is 17.3 Å². The number of carbonyl (C=O) groups is 1. The first-order valence-corrected chi connectivity index (χ1v) is 10.3. The highest BCUT2D eigenvalue weighted by Gasteiger charge is 2.13. The molecule has 1 amide bonds. The Morgan fingerprint density at radius 1 is 1.15 bits per heavy atom. The van der Waals surface area contributed by atoms with Crippen LogP contribution in [0.15, 0.2) is 58.8 Å². The lowest BCUT2D eigenvalue weighted by atomic mass is 10.2. The zero-order valence-electron chi connectivity index (χ0n) is 14.7. The van der Waals surface area contributed by atoms with Gasteiger partial charge in [-0.2, -0.15) is 0 Å². The van der Waals surface area contributed by atoms with Crippen LogP contribution < -0.4 is 10.1 Å². The highest BCUT2D eigenvalue weighted by Crippen LogP contribution is 2.28. The topological polar surface area (TPSA) is 51.2 Å². The van der Waals surface area contributed by atoms with E-state index >= 15 is 0 Å². The summed E-state index contributed by atoms with van der Waals surface area (Å²) in [4.78, 5) is 18.1. The maximum absolute atomic E-state index is 12.6. The third-order valence-electron chi connectivity index (χ3n) is 3.62. The Morgan fingerprint density at radius 2 is 1.92 bits per heavy atom. The number of thioether (sulfide) groups is 1. The average molecular weight is 385 g/mol. The Balaban J connectivity index is 1.73. The monoisotopic (exact) mass is 384 g/mol. The van der Waals surface area contributed by atoms with E-state index in [-0.39, 0.29) is 5.91 Å². The van der Waals surface area contributed by atoms with Gasteiger partial charge >= 0.3 is 0 Å². The second-order valence-electron chi connectivity index (χ2n) is 5.38. The summed E-state index contributed by atoms with van der Waals surface area (Å²) in [6.45, 7) is 4.67. The van der Waals surface area contributed by atoms with Crippen LogP contribution in [-0.4, -0.2) is 23.3 Å². The van der Waals surface area contributed by atoms with Crippen molar-refractivity contribution < 1.29 is 9.53 Å². The second-order valence-corrected chi connectivity index (χ2v) is 7.54. The molecule has 1 heterocycles. The molecule has 2 aromatic carbocycles. The molecule has 3 rings (SSSR count). The molecule has 0 aliphatic carbocycles. The zero-order chi connectivity index (χ0) is 18.4. The first-order valence-electron chi connectivity index (χ1n) is 8.43. The lowest BCUT2D eigenvalue weighted by Gasteiger charge is -2.07. The molecule has 1 N–H and O–H groups in total. The summed E-state index contributed by atoms with van der Waals surface area (Å²) in [6.07, 6.45) is 0. The van der Waals surface area contributed by atoms with Crippen molar-refractivity contribution in [2.75, 3.05) is 17.7 Å². The van der Waals surface area contributed by atoms with Gasteiger partial charge in [0, 0.05) is 15.8 Å². The maximum Gasteiger partial charge on any atom is 0.258 e. The van der Waals surface area contributed by atoms with Crippen LogP contribution in [0.25, 0.3) is 11.3 Å². The van der Waals surface area contributed by atoms with Crippen LogP contribution in [0.2, 0.25) is 0 Å². The Bertz CT molecular complexity index is 876. The summed E-state index contributed by atoms with van der Waals surface area (Å²) < 4.78 is 5.46. The third-order valence-corrected chi connectivity index (χ3v) is 5.33. The average Bonchev–Trinajstić information content (AvgIpc) is 3.12. The maximum atomic E-state index is 12.6. The summed E-state index contributed by atoms with van der Waals surface area (Å²) in [5.74, 6) is 1.63. The first-order chi connectivity index (χ1) is 12.7. The molecular formula is C20H20N2O2S2. The van der Waals surface area contributed by atoms with Crippen LogP contribution in [0.5, 0.6) is 5.75 Å². The van der Waals surface area contributed by atoms with Crippen LogP contribution in [0.3, 0.4) is 0 Å². The Morgan fingerprint density at radius 3 is 2.65 bits per heavy atom. The smallest absolute Gasteiger partial charge is 0.258 e. The summed E-state index contributed by atoms with van der Waals surface area (Å²) in [5, 5.41) is 5.44. The number of hydrogen-bond acceptors (Lipinski definition) is 5. The van der Waals surface area contributed by atoms with Gasteiger partial charge in [-0.1, -0.05) is 19.1 Å². The lowest BCUT2D eigenvalue weighted by Crippen LogP contribution is -2.12. The van der Waals surface area contributed by atoms with Crippen LogP contribution in [-0.2, 0) is 0 Å². The fraction of sp³-hybridized carbons (Fsp3) is 0.200. The van der Waals surface area contributed by atoms with Crippen molar-refractivity contribution >= 4 is 34.1 Å². The molecule has 0 unspecified atom stereocenters. The Kier molecular flexibility index (Phi) is 6.30. The number of hydrogen-bond donors (Lipinski definition) is 1. The minimum Gasteiger partial charge on any atom is -0.494 e. The Hall–Kier alpha value is -2.31. The summed E-state index contributed by atoms with van der Waals surface area (Å²) >= 11 is 3.08. The van der Waals surface area contributed by atoms with Gasteiger partial charge in [0.25, 0.3) is 5.91 Å². The number of rotatable bonds is 7. The molecule has 0 radical (unpaired) electrons. The van der Waals surface area contributed by atoms with Gasteiger partial charge in [0.15, 0.2) is 5.13 Å². The van der Waals surface area contributed by atoms with Crippen molar-refractivity contribution in [1.82, 2.24) is 4.98 Å². The molecule has 0 saturated carbocycles. The number of anilines is 1. The van der Waals surface area contributed by atoms with Crippen molar-refractivity contribution in [3.05, 3.63) is 59.5 Å². The molecule has 134 valence electrons. The summed E-state index contributed by atoms with van der Waals surface area (Å²) in [5.41, 5.74) is 2.51. The van der Waals surface area contributed by atoms with Gasteiger partial charge in [0.05, 0.1) is 17.9 Å². The number of benzene rings is 2. The number of carbonyl (C=O) groups excluding carboxylic acids is 1. The predicted octanol–water partition coefficient (Wildman–Crippen LogP) is 5.57. The van der Waals surface area contributed by atoms with Gasteiger partial charge in [0.1, 0.15) is 5.75 Å². The lowest BCUT2D eigenvalue weighted by molar-refractivity contribution is 0.102. The van der Waals surface area contributed by atoms with E-state index in [4.69, 9.17) is 4.74 Å². The molecule has 0 fully saturated rings. The van der Waals surface area contributed by atoms with E-state index in [1.807, 2.05) is 60.8 Å². The number of amides is 1. The van der Waals surface area contributed by atoms with E-state index in [1.54, 1.807) is 11.8 Å². The number of nitrogens with one attached hydrogen (secondary N) is 1. The van der Waals surface area contributed by atoms with E-state index in [9.17, 15) is 4.79 Å². The molecule has 4 nitrogen and oxygen atoms in total. The number of thiazole rings is 1. The molecule has 1 aromatic heterocycles. The van der Waals surface area contributed by atoms with E-state index in [2.05, 4.69) is 17.2 Å². The van der Waals surface area contributed by atoms with Gasteiger partial charge < -0.3 is 4.74 Å². The summed E-state index contributed by atoms with van der Waals surface area (Å²) in [7, 11) is 0. The minimum atomic E-state index is -0.130. The normalized spacial score (nSPS) is 10.5. The number of nitrogens with zero attached hydrogens (tertiary/aromatic N) is 1. The van der Waals surface area contributed by atoms with E-state index in [1.165, 1.54) is 11.3 Å². The minimum absolute atomic E-state index is 0.130. The number of ether oxygens (including phenoxy) is 1.